The van der Waals surface area contributed by atoms with Gasteiger partial charge in [0, 0.05) is 0 Å². The summed E-state index contributed by atoms with van der Waals surface area (Å²) in [6, 6.07) is 0. The van der Waals surface area contributed by atoms with Crippen LogP contribution >= 0.6 is 0 Å². The molecule has 0 aliphatic carbocycles. The molecule has 0 rings (SSSR count). The van der Waals surface area contributed by atoms with E-state index in [0.29, 0.717) is 0 Å². The molecule has 0 aliphatic heterocycles. The summed E-state index contributed by atoms with van der Waals surface area (Å²) in [6.45, 7) is 6.00. The van der Waals surface area contributed by atoms with E-state index in [1.807, 2.05) is 0 Å². The average molecular weight is 173 g/mol. The van der Waals surface area contributed by atoms with Crippen molar-refractivity contribution in [2.24, 2.45) is 0 Å². The Morgan fingerprint density at radius 1 is 1.14 bits per heavy atom. The van der Waals surface area contributed by atoms with Gasteiger partial charge in [-0.1, -0.05) is 0 Å². The molecule has 4 nitrogen and oxygen atoms in total. The molecule has 2 N–H and O–H groups in total. The molecule has 5 heteroatoms. The van der Waals surface area contributed by atoms with E-state index < -0.39 is 13.4 Å². The van der Waals surface area contributed by atoms with Gasteiger partial charge in [0.1, 0.15) is 0 Å². The number of rotatable bonds is 0. The second kappa shape index (κ2) is 3.95. The van der Waals surface area contributed by atoms with Gasteiger partial charge in [0.05, 0.1) is 0 Å². The van der Waals surface area contributed by atoms with Crippen LogP contribution in [0.1, 0.15) is 0 Å². The molecule has 7 heavy (non-hydrogen) atoms. The fourth-order valence-corrected chi connectivity index (χ4v) is 0. The van der Waals surface area contributed by atoms with Crippen LogP contribution in [0.4, 0.5) is 0 Å². The molecule has 0 atom stereocenters. The van der Waals surface area contributed by atoms with Gasteiger partial charge in [0.15, 0.2) is 0 Å². The summed E-state index contributed by atoms with van der Waals surface area (Å²) in [7, 11) is 0. The zero-order valence-corrected chi connectivity index (χ0v) is 5.25. The van der Waals surface area contributed by atoms with Gasteiger partial charge in [-0.2, -0.15) is 0 Å². The summed E-state index contributed by atoms with van der Waals surface area (Å²) in [5.74, 6) is 0. The Kier molecular flexibility index (Phi) is 5.60. The normalized spacial score (nSPS) is 8.86. The molecule has 0 bridgehead atoms. The first-order valence-electron chi connectivity index (χ1n) is 1.20. The van der Waals surface area contributed by atoms with Crippen LogP contribution in [0, 0.1) is 0 Å². The monoisotopic (exact) mass is 174 g/mol. The topological polar surface area (TPSA) is 74.6 Å². The summed E-state index contributed by atoms with van der Waals surface area (Å²) >= 11 is -5.25. The van der Waals surface area contributed by atoms with E-state index in [9.17, 15) is 0 Å². The van der Waals surface area contributed by atoms with Crippen molar-refractivity contribution in [1.29, 1.82) is 0 Å². The number of hydrogen-bond donors (Lipinski definition) is 2. The SMILES string of the molecule is C=C.O=[Se](=O)(O)O. The van der Waals surface area contributed by atoms with Crippen molar-refractivity contribution in [1.82, 2.24) is 0 Å². The van der Waals surface area contributed by atoms with Crippen LogP contribution in [0.2, 0.25) is 0 Å². The van der Waals surface area contributed by atoms with E-state index in [4.69, 9.17) is 16.0 Å². The first-order valence-corrected chi connectivity index (χ1v) is 4.13. The molecule has 0 radical (unpaired) electrons. The van der Waals surface area contributed by atoms with Gasteiger partial charge >= 0.3 is 29.4 Å². The summed E-state index contributed by atoms with van der Waals surface area (Å²) in [5, 5.41) is 0. The van der Waals surface area contributed by atoms with Gasteiger partial charge in [-0.25, -0.2) is 0 Å². The summed E-state index contributed by atoms with van der Waals surface area (Å²) in [5.41, 5.74) is 0. The van der Waals surface area contributed by atoms with Crippen molar-refractivity contribution >= 4 is 13.4 Å². The Hall–Kier alpha value is -0.221. The van der Waals surface area contributed by atoms with Crippen molar-refractivity contribution in [3.05, 3.63) is 13.2 Å². The van der Waals surface area contributed by atoms with Crippen LogP contribution < -0.4 is 0 Å². The van der Waals surface area contributed by atoms with Crippen molar-refractivity contribution in [3.8, 4) is 0 Å². The maximum atomic E-state index is 8.82. The summed E-state index contributed by atoms with van der Waals surface area (Å²) < 4.78 is 31.9. The quantitative estimate of drug-likeness (QED) is 0.366. The maximum absolute atomic E-state index is 8.82. The molecule has 44 valence electrons. The molecule has 0 heterocycles. The summed E-state index contributed by atoms with van der Waals surface area (Å²) in [4.78, 5) is 0. The zero-order valence-electron chi connectivity index (χ0n) is 3.53. The summed E-state index contributed by atoms with van der Waals surface area (Å²) in [6.07, 6.45) is 0. The van der Waals surface area contributed by atoms with Gasteiger partial charge in [0.2, 0.25) is 0 Å². The van der Waals surface area contributed by atoms with Crippen molar-refractivity contribution in [2.75, 3.05) is 0 Å². The third kappa shape index (κ3) is 1700. The Bertz CT molecular complexity index is 104. The standard InChI is InChI=1S/C2H4.H2O4Se/c1-2;1-5(2,3)4/h1-2H2;(H2,1,2,3,4). The van der Waals surface area contributed by atoms with Gasteiger partial charge < -0.3 is 0 Å². The van der Waals surface area contributed by atoms with Crippen LogP contribution in [0.25, 0.3) is 0 Å². The van der Waals surface area contributed by atoms with E-state index in [2.05, 4.69) is 13.2 Å². The first kappa shape index (κ1) is 9.91. The molecule has 0 unspecified atom stereocenters. The third-order valence-electron chi connectivity index (χ3n) is 0. The Morgan fingerprint density at radius 2 is 1.14 bits per heavy atom. The van der Waals surface area contributed by atoms with Gasteiger partial charge in [0.25, 0.3) is 0 Å². The molecule has 0 aliphatic rings. The van der Waals surface area contributed by atoms with Crippen LogP contribution in [0.5, 0.6) is 0 Å². The van der Waals surface area contributed by atoms with Crippen LogP contribution in [-0.4, -0.2) is 21.7 Å². The predicted octanol–water partition coefficient (Wildman–Crippen LogP) is -0.930. The minimum atomic E-state index is -5.25. The van der Waals surface area contributed by atoms with Crippen molar-refractivity contribution < 1.29 is 16.0 Å². The Morgan fingerprint density at radius 3 is 1.14 bits per heavy atom. The Balaban J connectivity index is 0. The van der Waals surface area contributed by atoms with Crippen LogP contribution in [-0.2, 0) is 7.67 Å². The fourth-order valence-electron chi connectivity index (χ4n) is 0. The predicted molar refractivity (Wildman–Crippen MR) is 22.8 cm³/mol. The van der Waals surface area contributed by atoms with Gasteiger partial charge in [-0.3, -0.25) is 0 Å². The third-order valence-corrected chi connectivity index (χ3v) is 0. The van der Waals surface area contributed by atoms with E-state index in [1.54, 1.807) is 0 Å². The van der Waals surface area contributed by atoms with Crippen LogP contribution in [0.3, 0.4) is 0 Å². The molecule has 0 aromatic carbocycles. The molecule has 0 aromatic heterocycles. The zero-order chi connectivity index (χ0) is 6.50. The fraction of sp³-hybridized carbons (Fsp3) is 0. The van der Waals surface area contributed by atoms with Crippen LogP contribution in [0.15, 0.2) is 13.2 Å². The van der Waals surface area contributed by atoms with Gasteiger partial charge in [-0.15, -0.1) is 13.2 Å². The average Bonchev–Trinajstić information content (AvgIpc) is 1.36. The second-order valence-electron chi connectivity index (χ2n) is 0.448. The van der Waals surface area contributed by atoms with E-state index in [0.717, 1.165) is 0 Å². The van der Waals surface area contributed by atoms with Crippen molar-refractivity contribution in [2.45, 2.75) is 0 Å². The van der Waals surface area contributed by atoms with Gasteiger partial charge in [-0.05, 0) is 0 Å². The Labute approximate surface area is 43.4 Å². The molecule has 0 aromatic rings. The molecule has 0 fully saturated rings. The first-order chi connectivity index (χ1) is 3.00. The second-order valence-corrected chi connectivity index (χ2v) is 2.33. The van der Waals surface area contributed by atoms with E-state index in [-0.39, 0.29) is 0 Å². The van der Waals surface area contributed by atoms with E-state index in [1.165, 1.54) is 0 Å². The molecule has 0 spiro atoms. The molecule has 0 amide bonds. The van der Waals surface area contributed by atoms with E-state index >= 15 is 0 Å². The minimum absolute atomic E-state index is 3.00. The molecular formula is C2H6O4Se. The molecule has 0 saturated carbocycles. The molecule has 0 saturated heterocycles. The van der Waals surface area contributed by atoms with Crippen molar-refractivity contribution in [3.63, 3.8) is 0 Å². The number of hydrogen-bond acceptors (Lipinski definition) is 2. The molecular weight excluding hydrogens is 167 g/mol.